The first-order chi connectivity index (χ1) is 8.01. The molecule has 7 nitrogen and oxygen atoms in total. The molecule has 0 saturated carbocycles. The van der Waals surface area contributed by atoms with Gasteiger partial charge in [0, 0.05) is 7.05 Å². The second-order valence-corrected chi connectivity index (χ2v) is 2.69. The Bertz CT molecular complexity index is 381. The number of phenolic OH excluding ortho intramolecular Hbond substituents is 1. The summed E-state index contributed by atoms with van der Waals surface area (Å²) in [7, 11) is 2.61. The summed E-state index contributed by atoms with van der Waals surface area (Å²) < 4.78 is 4.35. The van der Waals surface area contributed by atoms with Gasteiger partial charge in [0.25, 0.3) is 0 Å². The lowest BCUT2D eigenvalue weighted by Gasteiger charge is -2.04. The van der Waals surface area contributed by atoms with Crippen molar-refractivity contribution in [3.05, 3.63) is 24.3 Å². The van der Waals surface area contributed by atoms with E-state index in [1.54, 1.807) is 18.2 Å². The topological polar surface area (TPSA) is 108 Å². The highest BCUT2D eigenvalue weighted by Crippen LogP contribution is 2.21. The van der Waals surface area contributed by atoms with Crippen molar-refractivity contribution < 1.29 is 24.5 Å². The first kappa shape index (κ1) is 14.6. The standard InChI is InChI=1S/C8H9NO3.C2H5NO2/c1-12-8(11)9-6-4-2-3-5-7(6)10;1-3-2(4)5/h2-5,10H,1H3,(H,9,11);3H,1H3,(H,4,5). The highest BCUT2D eigenvalue weighted by Gasteiger charge is 2.03. The second-order valence-electron chi connectivity index (χ2n) is 2.69. The summed E-state index contributed by atoms with van der Waals surface area (Å²) in [6, 6.07) is 6.42. The van der Waals surface area contributed by atoms with Crippen molar-refractivity contribution in [2.75, 3.05) is 19.5 Å². The zero-order valence-corrected chi connectivity index (χ0v) is 9.43. The van der Waals surface area contributed by atoms with Crippen LogP contribution in [-0.2, 0) is 4.74 Å². The van der Waals surface area contributed by atoms with E-state index < -0.39 is 12.2 Å². The number of carbonyl (C=O) groups excluding carboxylic acids is 1. The van der Waals surface area contributed by atoms with Crippen LogP contribution in [0.5, 0.6) is 5.75 Å². The number of ether oxygens (including phenoxy) is 1. The van der Waals surface area contributed by atoms with Gasteiger partial charge in [-0.05, 0) is 12.1 Å². The molecule has 0 fully saturated rings. The van der Waals surface area contributed by atoms with Crippen LogP contribution in [0.1, 0.15) is 0 Å². The smallest absolute Gasteiger partial charge is 0.411 e. The number of amides is 2. The zero-order chi connectivity index (χ0) is 13.3. The van der Waals surface area contributed by atoms with E-state index in [4.69, 9.17) is 5.11 Å². The number of rotatable bonds is 1. The molecule has 7 heteroatoms. The number of benzene rings is 1. The maximum absolute atomic E-state index is 10.7. The Hall–Kier alpha value is -2.44. The molecule has 0 unspecified atom stereocenters. The predicted molar refractivity (Wildman–Crippen MR) is 61.2 cm³/mol. The third kappa shape index (κ3) is 6.61. The third-order valence-corrected chi connectivity index (χ3v) is 1.54. The van der Waals surface area contributed by atoms with E-state index in [9.17, 15) is 14.7 Å². The summed E-state index contributed by atoms with van der Waals surface area (Å²) in [6.07, 6.45) is -1.60. The quantitative estimate of drug-likeness (QED) is 0.557. The number of nitrogens with one attached hydrogen (secondary N) is 2. The summed E-state index contributed by atoms with van der Waals surface area (Å²) in [5.41, 5.74) is 0.337. The Labute approximate surface area is 98.0 Å². The Morgan fingerprint density at radius 2 is 1.82 bits per heavy atom. The number of carboxylic acid groups (broad SMARTS) is 1. The van der Waals surface area contributed by atoms with Gasteiger partial charge in [0.2, 0.25) is 0 Å². The van der Waals surface area contributed by atoms with Gasteiger partial charge in [-0.1, -0.05) is 12.1 Å². The van der Waals surface area contributed by atoms with E-state index in [1.807, 2.05) is 5.32 Å². The minimum absolute atomic E-state index is 0.0166. The van der Waals surface area contributed by atoms with Crippen molar-refractivity contribution in [3.8, 4) is 5.75 Å². The van der Waals surface area contributed by atoms with E-state index in [0.717, 1.165) is 0 Å². The molecule has 0 radical (unpaired) electrons. The number of carbonyl (C=O) groups is 2. The molecule has 0 atom stereocenters. The highest BCUT2D eigenvalue weighted by molar-refractivity contribution is 5.86. The third-order valence-electron chi connectivity index (χ3n) is 1.54. The average Bonchev–Trinajstić information content (AvgIpc) is 2.32. The van der Waals surface area contributed by atoms with Gasteiger partial charge in [0.05, 0.1) is 12.8 Å². The van der Waals surface area contributed by atoms with E-state index in [1.165, 1.54) is 20.2 Å². The molecule has 94 valence electrons. The first-order valence-corrected chi connectivity index (χ1v) is 4.55. The maximum atomic E-state index is 10.7. The van der Waals surface area contributed by atoms with Crippen LogP contribution in [0.3, 0.4) is 0 Å². The zero-order valence-electron chi connectivity index (χ0n) is 9.43. The van der Waals surface area contributed by atoms with Crippen LogP contribution in [0.4, 0.5) is 15.3 Å². The summed E-state index contributed by atoms with van der Waals surface area (Å²) in [6.45, 7) is 0. The van der Waals surface area contributed by atoms with Gasteiger partial charge in [0.1, 0.15) is 5.75 Å². The molecule has 0 aliphatic carbocycles. The number of aromatic hydroxyl groups is 1. The molecule has 4 N–H and O–H groups in total. The van der Waals surface area contributed by atoms with Crippen molar-refractivity contribution >= 4 is 17.9 Å². The number of methoxy groups -OCH3 is 1. The van der Waals surface area contributed by atoms with Crippen molar-refractivity contribution in [1.29, 1.82) is 0 Å². The van der Waals surface area contributed by atoms with Gasteiger partial charge < -0.3 is 20.3 Å². The molecule has 0 aromatic heterocycles. The normalized spacial score (nSPS) is 8.35. The van der Waals surface area contributed by atoms with Crippen LogP contribution in [0, 0.1) is 0 Å². The molecule has 1 aromatic rings. The SMILES string of the molecule is CNC(=O)O.COC(=O)Nc1ccccc1O. The summed E-state index contributed by atoms with van der Waals surface area (Å²) >= 11 is 0. The van der Waals surface area contributed by atoms with E-state index in [2.05, 4.69) is 10.1 Å². The number of anilines is 1. The summed E-state index contributed by atoms with van der Waals surface area (Å²) in [4.78, 5) is 19.9. The Kier molecular flexibility index (Phi) is 6.68. The molecule has 17 heavy (non-hydrogen) atoms. The molecular formula is C10H14N2O5. The average molecular weight is 242 g/mol. The molecule has 2 amide bonds. The lowest BCUT2D eigenvalue weighted by Crippen LogP contribution is -2.13. The Morgan fingerprint density at radius 1 is 1.29 bits per heavy atom. The second kappa shape index (κ2) is 7.80. The summed E-state index contributed by atoms with van der Waals surface area (Å²) in [5, 5.41) is 21.1. The van der Waals surface area contributed by atoms with Crippen molar-refractivity contribution in [1.82, 2.24) is 5.32 Å². The first-order valence-electron chi connectivity index (χ1n) is 4.55. The molecular weight excluding hydrogens is 228 g/mol. The molecule has 0 aliphatic heterocycles. The fraction of sp³-hybridized carbons (Fsp3) is 0.200. The van der Waals surface area contributed by atoms with E-state index >= 15 is 0 Å². The Morgan fingerprint density at radius 3 is 2.24 bits per heavy atom. The fourth-order valence-corrected chi connectivity index (χ4v) is 0.740. The monoisotopic (exact) mass is 242 g/mol. The fourth-order valence-electron chi connectivity index (χ4n) is 0.740. The lowest BCUT2D eigenvalue weighted by atomic mass is 10.3. The number of hydrogen-bond acceptors (Lipinski definition) is 4. The van der Waals surface area contributed by atoms with Crippen LogP contribution in [0.15, 0.2) is 24.3 Å². The van der Waals surface area contributed by atoms with Gasteiger partial charge in [-0.15, -0.1) is 0 Å². The minimum atomic E-state index is -0.995. The van der Waals surface area contributed by atoms with E-state index in [0.29, 0.717) is 5.69 Å². The minimum Gasteiger partial charge on any atom is -0.506 e. The molecule has 0 saturated heterocycles. The molecule has 0 bridgehead atoms. The van der Waals surface area contributed by atoms with Crippen molar-refractivity contribution in [3.63, 3.8) is 0 Å². The van der Waals surface area contributed by atoms with Gasteiger partial charge in [-0.3, -0.25) is 5.32 Å². The maximum Gasteiger partial charge on any atom is 0.411 e. The highest BCUT2D eigenvalue weighted by atomic mass is 16.5. The number of hydrogen-bond donors (Lipinski definition) is 4. The predicted octanol–water partition coefficient (Wildman–Crippen LogP) is 1.45. The number of para-hydroxylation sites is 2. The van der Waals surface area contributed by atoms with Crippen molar-refractivity contribution in [2.24, 2.45) is 0 Å². The molecule has 1 aromatic carbocycles. The van der Waals surface area contributed by atoms with Crippen LogP contribution < -0.4 is 10.6 Å². The lowest BCUT2D eigenvalue weighted by molar-refractivity contribution is 0.186. The van der Waals surface area contributed by atoms with Crippen LogP contribution in [0.2, 0.25) is 0 Å². The number of phenols is 1. The van der Waals surface area contributed by atoms with Gasteiger partial charge in [-0.25, -0.2) is 9.59 Å². The molecule has 0 heterocycles. The molecule has 1 rings (SSSR count). The van der Waals surface area contributed by atoms with Gasteiger partial charge >= 0.3 is 12.2 Å². The van der Waals surface area contributed by atoms with Gasteiger partial charge in [-0.2, -0.15) is 0 Å². The Balaban J connectivity index is 0.000000437. The largest absolute Gasteiger partial charge is 0.506 e. The molecule has 0 aliphatic rings. The molecule has 0 spiro atoms. The van der Waals surface area contributed by atoms with E-state index in [-0.39, 0.29) is 5.75 Å². The van der Waals surface area contributed by atoms with Crippen LogP contribution in [0.25, 0.3) is 0 Å². The summed E-state index contributed by atoms with van der Waals surface area (Å²) in [5.74, 6) is 0.0166. The van der Waals surface area contributed by atoms with Gasteiger partial charge in [0.15, 0.2) is 0 Å². The van der Waals surface area contributed by atoms with Crippen LogP contribution >= 0.6 is 0 Å². The van der Waals surface area contributed by atoms with Crippen molar-refractivity contribution in [2.45, 2.75) is 0 Å². The van der Waals surface area contributed by atoms with Crippen LogP contribution in [-0.4, -0.2) is 36.6 Å².